The molecule has 11 heavy (non-hydrogen) atoms. The highest BCUT2D eigenvalue weighted by molar-refractivity contribution is 5.75. The Balaban J connectivity index is 3.54. The topological polar surface area (TPSA) is 108 Å². The van der Waals surface area contributed by atoms with Gasteiger partial charge in [0.2, 0.25) is 0 Å². The van der Waals surface area contributed by atoms with E-state index in [4.69, 9.17) is 11.5 Å². The van der Waals surface area contributed by atoms with Crippen molar-refractivity contribution in [2.24, 2.45) is 16.8 Å². The Bertz CT molecular complexity index is 139. The van der Waals surface area contributed by atoms with E-state index >= 15 is 0 Å². The molecule has 4 N–H and O–H groups in total. The van der Waals surface area contributed by atoms with Gasteiger partial charge in [0, 0.05) is 0 Å². The summed E-state index contributed by atoms with van der Waals surface area (Å²) in [6, 6.07) is -0.795. The molecule has 0 saturated heterocycles. The summed E-state index contributed by atoms with van der Waals surface area (Å²) >= 11 is 0. The predicted molar refractivity (Wildman–Crippen MR) is 38.2 cm³/mol. The quantitative estimate of drug-likeness (QED) is 0.408. The zero-order valence-electron chi connectivity index (χ0n) is 6.03. The first-order valence-electron chi connectivity index (χ1n) is 3.21. The van der Waals surface area contributed by atoms with Crippen molar-refractivity contribution in [1.29, 1.82) is 0 Å². The van der Waals surface area contributed by atoms with Crippen molar-refractivity contribution in [3.8, 4) is 0 Å². The number of nitrogens with zero attached hydrogens (tertiary/aromatic N) is 1. The van der Waals surface area contributed by atoms with Gasteiger partial charge in [-0.15, -0.1) is 4.91 Å². The normalized spacial score (nSPS) is 12.2. The largest absolute Gasteiger partial charge is 0.355 e. The number of hydrogen-bond donors (Lipinski definition) is 2. The lowest BCUT2D eigenvalue weighted by Gasteiger charge is -2.04. The summed E-state index contributed by atoms with van der Waals surface area (Å²) < 4.78 is 0. The highest BCUT2D eigenvalue weighted by Crippen LogP contribution is 1.95. The van der Waals surface area contributed by atoms with E-state index in [9.17, 15) is 9.70 Å². The molecule has 64 valence electrons. The molecule has 0 unspecified atom stereocenters. The lowest BCUT2D eigenvalue weighted by atomic mass is 10.2. The van der Waals surface area contributed by atoms with Crippen molar-refractivity contribution in [2.45, 2.75) is 18.9 Å². The van der Waals surface area contributed by atoms with E-state index in [1.807, 2.05) is 5.34 Å². The molecule has 0 rings (SSSR count). The van der Waals surface area contributed by atoms with Crippen LogP contribution in [0, 0.1) is 4.91 Å². The molecule has 0 aromatic heterocycles. The van der Waals surface area contributed by atoms with Crippen molar-refractivity contribution < 1.29 is 9.63 Å². The van der Waals surface area contributed by atoms with E-state index in [0.717, 1.165) is 0 Å². The third-order valence-corrected chi connectivity index (χ3v) is 1.15. The summed E-state index contributed by atoms with van der Waals surface area (Å²) in [6.07, 6.45) is 1.03. The van der Waals surface area contributed by atoms with Crippen LogP contribution in [0.1, 0.15) is 12.8 Å². The first-order chi connectivity index (χ1) is 5.22. The average molecular weight is 161 g/mol. The third-order valence-electron chi connectivity index (χ3n) is 1.15. The summed E-state index contributed by atoms with van der Waals surface area (Å²) in [7, 11) is 0. The third kappa shape index (κ3) is 4.40. The number of nitrogens with two attached hydrogens (primary N) is 2. The molecule has 0 amide bonds. The van der Waals surface area contributed by atoms with E-state index in [-0.39, 0.29) is 0 Å². The van der Waals surface area contributed by atoms with Gasteiger partial charge < -0.3 is 11.5 Å². The van der Waals surface area contributed by atoms with Crippen molar-refractivity contribution in [1.82, 2.24) is 0 Å². The van der Waals surface area contributed by atoms with Crippen LogP contribution in [0.25, 0.3) is 0 Å². The minimum atomic E-state index is -0.812. The molecule has 0 aliphatic heterocycles. The Kier molecular flexibility index (Phi) is 5.22. The fraction of sp³-hybridized carbons (Fsp3) is 0.800. The highest BCUT2D eigenvalue weighted by atomic mass is 16.7. The van der Waals surface area contributed by atoms with Crippen LogP contribution in [0.15, 0.2) is 5.34 Å². The Hall–Kier alpha value is -1.01. The molecule has 6 heteroatoms. The zero-order chi connectivity index (χ0) is 8.69. The van der Waals surface area contributed by atoms with Crippen molar-refractivity contribution >= 4 is 5.97 Å². The van der Waals surface area contributed by atoms with Gasteiger partial charge in [-0.1, -0.05) is 0 Å². The molecule has 0 saturated carbocycles. The Morgan fingerprint density at radius 1 is 1.64 bits per heavy atom. The molecule has 0 aliphatic rings. The Labute approximate surface area is 63.8 Å². The number of hydrogen-bond acceptors (Lipinski definition) is 6. The standard InChI is InChI=1S/C5H11N3O3/c6-3-1-2-4(7)5(9)11-8-10/h4H,1-3,6-7H2/t4-/m1/s1. The lowest BCUT2D eigenvalue weighted by molar-refractivity contribution is -0.145. The fourth-order valence-corrected chi connectivity index (χ4v) is 0.560. The minimum Gasteiger partial charge on any atom is -0.330 e. The van der Waals surface area contributed by atoms with E-state index in [1.54, 1.807) is 0 Å². The predicted octanol–water partition coefficient (Wildman–Crippen LogP) is -0.723. The van der Waals surface area contributed by atoms with Crippen LogP contribution in [-0.2, 0) is 9.63 Å². The van der Waals surface area contributed by atoms with Gasteiger partial charge in [-0.3, -0.25) is 4.84 Å². The maximum atomic E-state index is 10.6. The van der Waals surface area contributed by atoms with Gasteiger partial charge in [-0.2, -0.15) is 0 Å². The van der Waals surface area contributed by atoms with Gasteiger partial charge in [0.05, 0.1) is 0 Å². The molecule has 1 atom stereocenters. The smallest absolute Gasteiger partial charge is 0.330 e. The molecule has 0 heterocycles. The van der Waals surface area contributed by atoms with Gasteiger partial charge in [0.15, 0.2) is 5.34 Å². The summed E-state index contributed by atoms with van der Waals surface area (Å²) in [5.41, 5.74) is 10.4. The van der Waals surface area contributed by atoms with Gasteiger partial charge in [0.25, 0.3) is 0 Å². The van der Waals surface area contributed by atoms with E-state index in [0.29, 0.717) is 19.4 Å². The molecule has 0 fully saturated rings. The van der Waals surface area contributed by atoms with Gasteiger partial charge in [-0.25, -0.2) is 4.79 Å². The van der Waals surface area contributed by atoms with Gasteiger partial charge in [0.1, 0.15) is 6.04 Å². The number of carbonyl (C=O) groups excluding carboxylic acids is 1. The van der Waals surface area contributed by atoms with E-state index in [2.05, 4.69) is 4.84 Å². The van der Waals surface area contributed by atoms with Gasteiger partial charge in [-0.05, 0) is 19.4 Å². The Morgan fingerprint density at radius 3 is 2.73 bits per heavy atom. The molecule has 0 radical (unpaired) electrons. The maximum absolute atomic E-state index is 10.6. The molecule has 0 aromatic carbocycles. The molecular formula is C5H11N3O3. The minimum absolute atomic E-state index is 0.408. The second kappa shape index (κ2) is 5.75. The number of rotatable bonds is 5. The molecular weight excluding hydrogens is 150 g/mol. The molecule has 0 aromatic rings. The number of carbonyl (C=O) groups is 1. The van der Waals surface area contributed by atoms with Gasteiger partial charge >= 0.3 is 5.97 Å². The summed E-state index contributed by atoms with van der Waals surface area (Å²) in [4.78, 5) is 23.8. The zero-order valence-corrected chi connectivity index (χ0v) is 6.03. The highest BCUT2D eigenvalue weighted by Gasteiger charge is 2.14. The van der Waals surface area contributed by atoms with Crippen LogP contribution in [0.2, 0.25) is 0 Å². The van der Waals surface area contributed by atoms with E-state index in [1.165, 1.54) is 0 Å². The van der Waals surface area contributed by atoms with E-state index < -0.39 is 12.0 Å². The van der Waals surface area contributed by atoms with Crippen LogP contribution in [0.5, 0.6) is 0 Å². The Morgan fingerprint density at radius 2 is 2.27 bits per heavy atom. The molecule has 0 bridgehead atoms. The summed E-state index contributed by atoms with van der Waals surface area (Å²) in [5.74, 6) is -0.812. The van der Waals surface area contributed by atoms with Crippen LogP contribution in [0.3, 0.4) is 0 Å². The molecule has 6 nitrogen and oxygen atoms in total. The SMILES string of the molecule is NCCC[C@@H](N)C(=O)ON=O. The fourth-order valence-electron chi connectivity index (χ4n) is 0.560. The maximum Gasteiger partial charge on any atom is 0.355 e. The second-order valence-electron chi connectivity index (χ2n) is 2.02. The first kappa shape index (κ1) is 9.99. The van der Waals surface area contributed by atoms with Crippen molar-refractivity contribution in [3.05, 3.63) is 4.91 Å². The van der Waals surface area contributed by atoms with Crippen LogP contribution < -0.4 is 11.5 Å². The molecule has 0 spiro atoms. The van der Waals surface area contributed by atoms with Crippen molar-refractivity contribution in [2.75, 3.05) is 6.54 Å². The van der Waals surface area contributed by atoms with Crippen LogP contribution in [0.4, 0.5) is 0 Å². The van der Waals surface area contributed by atoms with Crippen LogP contribution >= 0.6 is 0 Å². The first-order valence-corrected chi connectivity index (χ1v) is 3.21. The molecule has 0 aliphatic carbocycles. The average Bonchev–Trinajstić information content (AvgIpc) is 2.00. The second-order valence-corrected chi connectivity index (χ2v) is 2.02. The summed E-state index contributed by atoms with van der Waals surface area (Å²) in [6.45, 7) is 0.454. The van der Waals surface area contributed by atoms with Crippen LogP contribution in [-0.4, -0.2) is 18.6 Å². The van der Waals surface area contributed by atoms with Crippen molar-refractivity contribution in [3.63, 3.8) is 0 Å². The lowest BCUT2D eigenvalue weighted by Crippen LogP contribution is -2.31. The summed E-state index contributed by atoms with van der Waals surface area (Å²) in [5, 5.41) is 1.95. The monoisotopic (exact) mass is 161 g/mol.